The molecule has 122 valence electrons. The Morgan fingerprint density at radius 3 is 3.04 bits per heavy atom. The van der Waals surface area contributed by atoms with E-state index in [1.54, 1.807) is 12.1 Å². The third kappa shape index (κ3) is 3.83. The molecule has 0 bridgehead atoms. The van der Waals surface area contributed by atoms with Gasteiger partial charge in [0.05, 0.1) is 6.54 Å². The van der Waals surface area contributed by atoms with Crippen molar-refractivity contribution in [3.05, 3.63) is 63.6 Å². The van der Waals surface area contributed by atoms with Crippen molar-refractivity contribution in [1.29, 1.82) is 0 Å². The number of piperazine rings is 1. The molecule has 6 heteroatoms. The quantitative estimate of drug-likeness (QED) is 0.900. The smallest absolute Gasteiger partial charge is 0.251 e. The second-order valence-electron chi connectivity index (χ2n) is 5.78. The minimum atomic E-state index is -0.229. The van der Waals surface area contributed by atoms with Crippen molar-refractivity contribution >= 4 is 0 Å². The van der Waals surface area contributed by atoms with E-state index in [1.165, 1.54) is 12.1 Å². The monoisotopic (exact) mass is 316 g/mol. The third-order valence-corrected chi connectivity index (χ3v) is 4.15. The number of hydrogen-bond donors (Lipinski definition) is 2. The predicted molar refractivity (Wildman–Crippen MR) is 86.7 cm³/mol. The first-order valence-electron chi connectivity index (χ1n) is 7.95. The van der Waals surface area contributed by atoms with Crippen LogP contribution in [0.1, 0.15) is 30.0 Å². The fourth-order valence-electron chi connectivity index (χ4n) is 2.99. The average Bonchev–Trinajstić information content (AvgIpc) is 2.55. The minimum absolute atomic E-state index is 0.0648. The SMILES string of the molecule is CCc1cc(=O)[nH]c(CN2CCNCC2c2cccc(F)c2)n1. The van der Waals surface area contributed by atoms with Gasteiger partial charge < -0.3 is 10.3 Å². The zero-order valence-corrected chi connectivity index (χ0v) is 13.2. The van der Waals surface area contributed by atoms with Crippen molar-refractivity contribution in [3.8, 4) is 0 Å². The Morgan fingerprint density at radius 2 is 2.26 bits per heavy atom. The first-order chi connectivity index (χ1) is 11.2. The van der Waals surface area contributed by atoms with Crippen molar-refractivity contribution < 1.29 is 4.39 Å². The summed E-state index contributed by atoms with van der Waals surface area (Å²) in [5, 5.41) is 3.35. The van der Waals surface area contributed by atoms with Gasteiger partial charge in [0.2, 0.25) is 0 Å². The van der Waals surface area contributed by atoms with E-state index in [-0.39, 0.29) is 17.4 Å². The maximum Gasteiger partial charge on any atom is 0.251 e. The number of H-pyrrole nitrogens is 1. The van der Waals surface area contributed by atoms with Gasteiger partial charge in [-0.1, -0.05) is 19.1 Å². The molecule has 1 unspecified atom stereocenters. The Hall–Kier alpha value is -2.05. The van der Waals surface area contributed by atoms with E-state index in [0.29, 0.717) is 12.4 Å². The molecule has 3 rings (SSSR count). The van der Waals surface area contributed by atoms with Crippen molar-refractivity contribution in [1.82, 2.24) is 20.2 Å². The summed E-state index contributed by atoms with van der Waals surface area (Å²) >= 11 is 0. The summed E-state index contributed by atoms with van der Waals surface area (Å²) in [4.78, 5) is 21.3. The van der Waals surface area contributed by atoms with Crippen LogP contribution >= 0.6 is 0 Å². The second kappa shape index (κ2) is 7.02. The van der Waals surface area contributed by atoms with Crippen molar-refractivity contribution in [2.24, 2.45) is 0 Å². The number of aryl methyl sites for hydroxylation is 1. The zero-order valence-electron chi connectivity index (χ0n) is 13.2. The Morgan fingerprint density at radius 1 is 1.39 bits per heavy atom. The number of aromatic nitrogens is 2. The number of halogens is 1. The highest BCUT2D eigenvalue weighted by molar-refractivity contribution is 5.21. The summed E-state index contributed by atoms with van der Waals surface area (Å²) in [6.45, 7) is 4.96. The van der Waals surface area contributed by atoms with Crippen LogP contribution in [0, 0.1) is 5.82 Å². The van der Waals surface area contributed by atoms with Crippen LogP contribution in [0.25, 0.3) is 0 Å². The molecule has 2 aromatic rings. The summed E-state index contributed by atoms with van der Waals surface area (Å²) in [6.07, 6.45) is 0.728. The molecule has 1 atom stereocenters. The lowest BCUT2D eigenvalue weighted by atomic mass is 10.0. The fraction of sp³-hybridized carbons (Fsp3) is 0.412. The molecule has 1 aliphatic rings. The van der Waals surface area contributed by atoms with Gasteiger partial charge in [0.15, 0.2) is 0 Å². The van der Waals surface area contributed by atoms with Crippen LogP contribution < -0.4 is 10.9 Å². The lowest BCUT2D eigenvalue weighted by molar-refractivity contribution is 0.149. The van der Waals surface area contributed by atoms with E-state index < -0.39 is 0 Å². The van der Waals surface area contributed by atoms with Gasteiger partial charge in [-0.05, 0) is 24.1 Å². The fourth-order valence-corrected chi connectivity index (χ4v) is 2.99. The van der Waals surface area contributed by atoms with Crippen LogP contribution in [0.4, 0.5) is 4.39 Å². The second-order valence-corrected chi connectivity index (χ2v) is 5.78. The highest BCUT2D eigenvalue weighted by Gasteiger charge is 2.24. The Bertz CT molecular complexity index is 731. The molecule has 0 saturated carbocycles. The molecule has 0 amide bonds. The van der Waals surface area contributed by atoms with Gasteiger partial charge >= 0.3 is 0 Å². The lowest BCUT2D eigenvalue weighted by Crippen LogP contribution is -2.45. The summed E-state index contributed by atoms with van der Waals surface area (Å²) in [5.74, 6) is 0.435. The molecule has 23 heavy (non-hydrogen) atoms. The number of benzene rings is 1. The standard InChI is InChI=1S/C17H21FN4O/c1-2-14-9-17(23)21-16(20-14)11-22-7-6-19-10-15(22)12-4-3-5-13(18)8-12/h3-5,8-9,15,19H,2,6-7,10-11H2,1H3,(H,20,21,23). The number of nitrogens with one attached hydrogen (secondary N) is 2. The van der Waals surface area contributed by atoms with Crippen LogP contribution in [0.3, 0.4) is 0 Å². The van der Waals surface area contributed by atoms with Crippen molar-refractivity contribution in [3.63, 3.8) is 0 Å². The molecule has 1 aromatic carbocycles. The van der Waals surface area contributed by atoms with E-state index in [9.17, 15) is 9.18 Å². The van der Waals surface area contributed by atoms with Crippen LogP contribution in [0.2, 0.25) is 0 Å². The average molecular weight is 316 g/mol. The van der Waals surface area contributed by atoms with E-state index in [1.807, 2.05) is 13.0 Å². The van der Waals surface area contributed by atoms with Gasteiger partial charge in [-0.3, -0.25) is 9.69 Å². The van der Waals surface area contributed by atoms with Crippen LogP contribution in [-0.2, 0) is 13.0 Å². The number of hydrogen-bond acceptors (Lipinski definition) is 4. The van der Waals surface area contributed by atoms with Crippen molar-refractivity contribution in [2.45, 2.75) is 25.9 Å². The van der Waals surface area contributed by atoms with E-state index in [2.05, 4.69) is 20.2 Å². The van der Waals surface area contributed by atoms with Gasteiger partial charge in [0.1, 0.15) is 11.6 Å². The first-order valence-corrected chi connectivity index (χ1v) is 7.95. The summed E-state index contributed by atoms with van der Waals surface area (Å²) in [5.41, 5.74) is 1.61. The summed E-state index contributed by atoms with van der Waals surface area (Å²) in [6, 6.07) is 8.29. The number of nitrogens with zero attached hydrogens (tertiary/aromatic N) is 2. The molecule has 1 fully saturated rings. The van der Waals surface area contributed by atoms with E-state index in [4.69, 9.17) is 0 Å². The maximum absolute atomic E-state index is 13.5. The van der Waals surface area contributed by atoms with Gasteiger partial charge in [0.25, 0.3) is 5.56 Å². The molecule has 5 nitrogen and oxygen atoms in total. The summed E-state index contributed by atoms with van der Waals surface area (Å²) in [7, 11) is 0. The molecule has 0 spiro atoms. The Balaban J connectivity index is 1.84. The minimum Gasteiger partial charge on any atom is -0.314 e. The molecule has 1 aromatic heterocycles. The van der Waals surface area contributed by atoms with E-state index >= 15 is 0 Å². The normalized spacial score (nSPS) is 19.0. The molecule has 1 saturated heterocycles. The molecule has 0 aliphatic carbocycles. The maximum atomic E-state index is 13.5. The van der Waals surface area contributed by atoms with E-state index in [0.717, 1.165) is 37.3 Å². The molecule has 1 aliphatic heterocycles. The van der Waals surface area contributed by atoms with Crippen LogP contribution in [0.5, 0.6) is 0 Å². The van der Waals surface area contributed by atoms with Crippen LogP contribution in [-0.4, -0.2) is 34.5 Å². The number of rotatable bonds is 4. The predicted octanol–water partition coefficient (Wildman–Crippen LogP) is 1.62. The molecular formula is C17H21FN4O. The topological polar surface area (TPSA) is 61.0 Å². The first kappa shape index (κ1) is 15.8. The van der Waals surface area contributed by atoms with Gasteiger partial charge in [-0.25, -0.2) is 9.37 Å². The highest BCUT2D eigenvalue weighted by Crippen LogP contribution is 2.24. The zero-order chi connectivity index (χ0) is 16.2. The molecule has 2 heterocycles. The van der Waals surface area contributed by atoms with Gasteiger partial charge in [0, 0.05) is 37.4 Å². The van der Waals surface area contributed by atoms with Gasteiger partial charge in [-0.15, -0.1) is 0 Å². The Labute approximate surface area is 134 Å². The third-order valence-electron chi connectivity index (χ3n) is 4.15. The van der Waals surface area contributed by atoms with Crippen molar-refractivity contribution in [2.75, 3.05) is 19.6 Å². The molecular weight excluding hydrogens is 295 g/mol. The largest absolute Gasteiger partial charge is 0.314 e. The highest BCUT2D eigenvalue weighted by atomic mass is 19.1. The lowest BCUT2D eigenvalue weighted by Gasteiger charge is -2.36. The van der Waals surface area contributed by atoms with Crippen LogP contribution in [0.15, 0.2) is 35.1 Å². The number of aromatic amines is 1. The van der Waals surface area contributed by atoms with Gasteiger partial charge in [-0.2, -0.15) is 0 Å². The molecule has 2 N–H and O–H groups in total. The summed E-state index contributed by atoms with van der Waals surface area (Å²) < 4.78 is 13.5. The Kier molecular flexibility index (Phi) is 4.83. The molecule has 0 radical (unpaired) electrons.